The fraction of sp³-hybridized carbons (Fsp3) is 0. The summed E-state index contributed by atoms with van der Waals surface area (Å²) in [5, 5.41) is 2.27. The molecule has 0 unspecified atom stereocenters. The van der Waals surface area contributed by atoms with Crippen molar-refractivity contribution < 1.29 is 0 Å². The van der Waals surface area contributed by atoms with E-state index in [1.54, 1.807) is 17.7 Å². The van der Waals surface area contributed by atoms with Gasteiger partial charge >= 0.3 is 0 Å². The fourth-order valence-corrected chi connectivity index (χ4v) is 7.79. The molecule has 0 saturated heterocycles. The summed E-state index contributed by atoms with van der Waals surface area (Å²) >= 11 is 1.70. The van der Waals surface area contributed by atoms with Crippen molar-refractivity contribution in [3.05, 3.63) is 164 Å². The van der Waals surface area contributed by atoms with Crippen LogP contribution in [0.15, 0.2) is 164 Å². The lowest BCUT2D eigenvalue weighted by Crippen LogP contribution is -2.10. The van der Waals surface area contributed by atoms with Gasteiger partial charge in [0.1, 0.15) is 11.2 Å². The average Bonchev–Trinajstić information content (AvgIpc) is 3.61. The largest absolute Gasteiger partial charge is 0.311 e. The first-order valence-electron chi connectivity index (χ1n) is 16.9. The zero-order chi connectivity index (χ0) is 34.4. The van der Waals surface area contributed by atoms with E-state index in [1.165, 1.54) is 10.1 Å². The number of fused-ring (bicyclic) bond motifs is 5. The van der Waals surface area contributed by atoms with Gasteiger partial charge in [-0.1, -0.05) is 78.9 Å². The van der Waals surface area contributed by atoms with E-state index in [-0.39, 0.29) is 0 Å². The summed E-state index contributed by atoms with van der Waals surface area (Å²) in [6.07, 6.45) is 5.34. The molecule has 0 spiro atoms. The van der Waals surface area contributed by atoms with Crippen LogP contribution in [-0.2, 0) is 0 Å². The van der Waals surface area contributed by atoms with E-state index >= 15 is 0 Å². The maximum atomic E-state index is 4.87. The molecule has 0 N–H and O–H groups in total. The molecule has 0 atom stereocenters. The monoisotopic (exact) mass is 685 g/mol. The summed E-state index contributed by atoms with van der Waals surface area (Å²) in [6, 6.07) is 49.9. The van der Waals surface area contributed by atoms with Crippen molar-refractivity contribution in [1.29, 1.82) is 0 Å². The van der Waals surface area contributed by atoms with Gasteiger partial charge in [-0.3, -0.25) is 9.97 Å². The highest BCUT2D eigenvalue weighted by molar-refractivity contribution is 7.25. The number of hydrogen-bond acceptors (Lipinski definition) is 8. The van der Waals surface area contributed by atoms with E-state index in [0.717, 1.165) is 83.1 Å². The standard InChI is InChI=1S/C44H27N7S/c1-6-12-41-34(7-1)42-43(47-27-48-44(42)52-41)30-17-23-33(24-18-30)51(31-19-13-28(14-20-31)39-25-45-35-8-2-4-10-37(35)49-39)32-21-15-29(16-22-32)40-26-46-36-9-3-5-11-38(36)50-40/h1-27H. The highest BCUT2D eigenvalue weighted by Gasteiger charge is 2.17. The van der Waals surface area contributed by atoms with Crippen molar-refractivity contribution in [2.75, 3.05) is 4.90 Å². The molecule has 10 rings (SSSR count). The third-order valence-electron chi connectivity index (χ3n) is 9.31. The SMILES string of the molecule is c1ccc2nc(-c3ccc(N(c4ccc(-c5cnc6ccccc6n5)cc4)c4ccc(-c5ncnc6sc7ccccc7c56)cc4)cc3)cnc2c1. The Hall–Kier alpha value is -6.90. The number of para-hydroxylation sites is 4. The van der Waals surface area contributed by atoms with E-state index in [0.29, 0.717) is 0 Å². The molecule has 4 heterocycles. The molecule has 52 heavy (non-hydrogen) atoms. The van der Waals surface area contributed by atoms with Crippen LogP contribution in [0, 0.1) is 0 Å². The average molecular weight is 686 g/mol. The summed E-state index contributed by atoms with van der Waals surface area (Å²) < 4.78 is 1.21. The summed E-state index contributed by atoms with van der Waals surface area (Å²) in [5.74, 6) is 0. The van der Waals surface area contributed by atoms with Gasteiger partial charge in [0, 0.05) is 49.2 Å². The normalized spacial score (nSPS) is 11.5. The smallest absolute Gasteiger partial charge is 0.128 e. The van der Waals surface area contributed by atoms with Crippen molar-refractivity contribution >= 4 is 70.8 Å². The summed E-state index contributed by atoms with van der Waals surface area (Å²) in [4.78, 5) is 31.6. The van der Waals surface area contributed by atoms with Gasteiger partial charge in [-0.05, 0) is 66.7 Å². The predicted molar refractivity (Wildman–Crippen MR) is 212 cm³/mol. The number of rotatable bonds is 6. The van der Waals surface area contributed by atoms with Gasteiger partial charge in [0.05, 0.1) is 51.5 Å². The maximum absolute atomic E-state index is 4.87. The van der Waals surface area contributed by atoms with Gasteiger partial charge in [0.25, 0.3) is 0 Å². The Bertz CT molecular complexity index is 2780. The minimum Gasteiger partial charge on any atom is -0.311 e. The van der Waals surface area contributed by atoms with E-state index < -0.39 is 0 Å². The van der Waals surface area contributed by atoms with Crippen LogP contribution in [0.5, 0.6) is 0 Å². The maximum Gasteiger partial charge on any atom is 0.128 e. The van der Waals surface area contributed by atoms with Crippen molar-refractivity contribution in [3.63, 3.8) is 0 Å². The fourth-order valence-electron chi connectivity index (χ4n) is 6.75. The van der Waals surface area contributed by atoms with Gasteiger partial charge in [-0.25, -0.2) is 19.9 Å². The Morgan fingerprint density at radius 3 is 1.46 bits per heavy atom. The first-order valence-corrected chi connectivity index (χ1v) is 17.7. The van der Waals surface area contributed by atoms with Crippen molar-refractivity contribution in [2.45, 2.75) is 0 Å². The van der Waals surface area contributed by atoms with Crippen LogP contribution in [0.3, 0.4) is 0 Å². The molecule has 0 radical (unpaired) electrons. The molecule has 0 aliphatic rings. The van der Waals surface area contributed by atoms with Gasteiger partial charge in [-0.2, -0.15) is 0 Å². The minimum atomic E-state index is 0.833. The zero-order valence-electron chi connectivity index (χ0n) is 27.6. The van der Waals surface area contributed by atoms with Crippen molar-refractivity contribution in [2.24, 2.45) is 0 Å². The quantitative estimate of drug-likeness (QED) is 0.172. The van der Waals surface area contributed by atoms with Crippen LogP contribution >= 0.6 is 11.3 Å². The van der Waals surface area contributed by atoms with Crippen molar-refractivity contribution in [1.82, 2.24) is 29.9 Å². The first kappa shape index (κ1) is 30.0. The summed E-state index contributed by atoms with van der Waals surface area (Å²) in [7, 11) is 0. The molecule has 4 aromatic heterocycles. The number of anilines is 3. The highest BCUT2D eigenvalue weighted by Crippen LogP contribution is 2.40. The number of aromatic nitrogens is 6. The second-order valence-electron chi connectivity index (χ2n) is 12.5. The third kappa shape index (κ3) is 5.30. The van der Waals surface area contributed by atoms with Crippen molar-refractivity contribution in [3.8, 4) is 33.8 Å². The van der Waals surface area contributed by atoms with Crippen LogP contribution in [0.25, 0.3) is 76.1 Å². The molecule has 0 aliphatic carbocycles. The van der Waals surface area contributed by atoms with Gasteiger partial charge < -0.3 is 4.90 Å². The number of hydrogen-bond donors (Lipinski definition) is 0. The van der Waals surface area contributed by atoms with Gasteiger partial charge in [-0.15, -0.1) is 11.3 Å². The molecule has 0 amide bonds. The minimum absolute atomic E-state index is 0.833. The summed E-state index contributed by atoms with van der Waals surface area (Å²) in [5.41, 5.74) is 12.2. The molecular weight excluding hydrogens is 659 g/mol. The predicted octanol–water partition coefficient (Wildman–Crippen LogP) is 11.2. The topological polar surface area (TPSA) is 80.6 Å². The van der Waals surface area contributed by atoms with Crippen LogP contribution in [0.4, 0.5) is 17.1 Å². The lowest BCUT2D eigenvalue weighted by molar-refractivity contribution is 1.23. The van der Waals surface area contributed by atoms with E-state index in [2.05, 4.69) is 117 Å². The number of benzene rings is 6. The molecule has 8 heteroatoms. The zero-order valence-corrected chi connectivity index (χ0v) is 28.4. The second-order valence-corrected chi connectivity index (χ2v) is 13.5. The Kier molecular flexibility index (Phi) is 7.18. The lowest BCUT2D eigenvalue weighted by atomic mass is 10.0. The number of nitrogens with zero attached hydrogens (tertiary/aromatic N) is 7. The Labute approximate surface area is 302 Å². The lowest BCUT2D eigenvalue weighted by Gasteiger charge is -2.26. The molecule has 7 nitrogen and oxygen atoms in total. The molecule has 6 aromatic carbocycles. The van der Waals surface area contributed by atoms with Crippen LogP contribution < -0.4 is 4.90 Å². The van der Waals surface area contributed by atoms with Crippen LogP contribution in [-0.4, -0.2) is 29.9 Å². The van der Waals surface area contributed by atoms with Gasteiger partial charge in [0.15, 0.2) is 0 Å². The van der Waals surface area contributed by atoms with Gasteiger partial charge in [0.2, 0.25) is 0 Å². The highest BCUT2D eigenvalue weighted by atomic mass is 32.1. The Balaban J connectivity index is 1.04. The van der Waals surface area contributed by atoms with Crippen LogP contribution in [0.2, 0.25) is 0 Å². The van der Waals surface area contributed by atoms with E-state index in [4.69, 9.17) is 15.0 Å². The summed E-state index contributed by atoms with van der Waals surface area (Å²) in [6.45, 7) is 0. The Morgan fingerprint density at radius 2 is 0.904 bits per heavy atom. The molecule has 244 valence electrons. The molecule has 0 aliphatic heterocycles. The molecular formula is C44H27N7S. The van der Waals surface area contributed by atoms with E-state index in [1.807, 2.05) is 60.9 Å². The Morgan fingerprint density at radius 1 is 0.423 bits per heavy atom. The van der Waals surface area contributed by atoms with E-state index in [9.17, 15) is 0 Å². The van der Waals surface area contributed by atoms with Crippen LogP contribution in [0.1, 0.15) is 0 Å². The molecule has 0 fully saturated rings. The second kappa shape index (κ2) is 12.5. The molecule has 0 bridgehead atoms. The first-order chi connectivity index (χ1) is 25.7. The molecule has 0 saturated carbocycles. The molecule has 10 aromatic rings. The third-order valence-corrected chi connectivity index (χ3v) is 10.4. The number of thiophene rings is 1.